The highest BCUT2D eigenvalue weighted by molar-refractivity contribution is 7.92. The normalized spacial score (nSPS) is 11.2. The minimum absolute atomic E-state index is 0.00482. The number of nitrogens with one attached hydrogen (secondary N) is 2. The third-order valence-electron chi connectivity index (χ3n) is 3.59. The van der Waals surface area contributed by atoms with Gasteiger partial charge in [0.05, 0.1) is 28.3 Å². The fourth-order valence-corrected chi connectivity index (χ4v) is 3.54. The van der Waals surface area contributed by atoms with E-state index >= 15 is 0 Å². The van der Waals surface area contributed by atoms with Crippen molar-refractivity contribution in [3.8, 4) is 0 Å². The fourth-order valence-electron chi connectivity index (χ4n) is 2.25. The maximum absolute atomic E-state index is 13.0. The number of anilines is 1. The minimum Gasteiger partial charge on any atom is -0.467 e. The molecule has 3 aromatic rings. The first-order valence-electron chi connectivity index (χ1n) is 7.74. The Kier molecular flexibility index (Phi) is 5.48. The molecule has 0 aliphatic rings. The number of furan rings is 1. The molecule has 3 rings (SSSR count). The Morgan fingerprint density at radius 3 is 2.52 bits per heavy atom. The first-order chi connectivity index (χ1) is 12.8. The average molecular weight is 409 g/mol. The number of sulfonamides is 1. The van der Waals surface area contributed by atoms with Crippen molar-refractivity contribution in [1.82, 2.24) is 5.32 Å². The van der Waals surface area contributed by atoms with Crippen LogP contribution in [0.15, 0.2) is 70.2 Å². The van der Waals surface area contributed by atoms with Gasteiger partial charge in [-0.3, -0.25) is 9.52 Å². The Morgan fingerprint density at radius 2 is 1.85 bits per heavy atom. The van der Waals surface area contributed by atoms with E-state index in [2.05, 4.69) is 10.0 Å². The van der Waals surface area contributed by atoms with Gasteiger partial charge in [0, 0.05) is 5.69 Å². The van der Waals surface area contributed by atoms with Gasteiger partial charge in [-0.25, -0.2) is 12.8 Å². The molecule has 27 heavy (non-hydrogen) atoms. The first-order valence-corrected chi connectivity index (χ1v) is 9.60. The molecule has 1 heterocycles. The van der Waals surface area contributed by atoms with E-state index in [0.29, 0.717) is 5.76 Å². The molecule has 0 bridgehead atoms. The van der Waals surface area contributed by atoms with E-state index in [0.717, 1.165) is 12.1 Å². The Morgan fingerprint density at radius 1 is 1.11 bits per heavy atom. The number of benzene rings is 2. The van der Waals surface area contributed by atoms with Crippen LogP contribution in [0.4, 0.5) is 10.1 Å². The van der Waals surface area contributed by atoms with Crippen molar-refractivity contribution in [2.45, 2.75) is 11.4 Å². The summed E-state index contributed by atoms with van der Waals surface area (Å²) in [4.78, 5) is 12.2. The molecule has 0 saturated heterocycles. The third kappa shape index (κ3) is 4.66. The first kappa shape index (κ1) is 18.9. The maximum Gasteiger partial charge on any atom is 0.261 e. The highest BCUT2D eigenvalue weighted by Crippen LogP contribution is 2.23. The zero-order valence-corrected chi connectivity index (χ0v) is 15.4. The molecule has 140 valence electrons. The summed E-state index contributed by atoms with van der Waals surface area (Å²) in [6, 6.07) is 12.0. The van der Waals surface area contributed by atoms with Gasteiger partial charge >= 0.3 is 0 Å². The Labute approximate surface area is 160 Å². The van der Waals surface area contributed by atoms with E-state index in [4.69, 9.17) is 16.0 Å². The van der Waals surface area contributed by atoms with Crippen LogP contribution in [0.2, 0.25) is 5.02 Å². The van der Waals surface area contributed by atoms with Crippen LogP contribution >= 0.6 is 11.6 Å². The Bertz CT molecular complexity index is 1050. The zero-order chi connectivity index (χ0) is 19.4. The molecular formula is C18H14ClFN2O4S. The topological polar surface area (TPSA) is 88.4 Å². The van der Waals surface area contributed by atoms with Crippen molar-refractivity contribution in [3.63, 3.8) is 0 Å². The second-order valence-corrected chi connectivity index (χ2v) is 7.61. The summed E-state index contributed by atoms with van der Waals surface area (Å²) in [7, 11) is -3.99. The van der Waals surface area contributed by atoms with Crippen LogP contribution in [-0.2, 0) is 16.6 Å². The van der Waals surface area contributed by atoms with Gasteiger partial charge in [-0.2, -0.15) is 0 Å². The molecule has 0 atom stereocenters. The quantitative estimate of drug-likeness (QED) is 0.649. The standard InChI is InChI=1S/C18H14ClFN2O4S/c19-17-8-7-15(27(24,25)22-13-5-3-12(20)4-6-13)10-16(17)18(23)21-11-14-2-1-9-26-14/h1-10,22H,11H2,(H,21,23). The molecule has 1 aromatic heterocycles. The lowest BCUT2D eigenvalue weighted by Gasteiger charge is -2.11. The van der Waals surface area contributed by atoms with Crippen molar-refractivity contribution >= 4 is 33.2 Å². The summed E-state index contributed by atoms with van der Waals surface area (Å²) in [6.07, 6.45) is 1.47. The molecule has 0 aliphatic heterocycles. The average Bonchev–Trinajstić information content (AvgIpc) is 3.15. The van der Waals surface area contributed by atoms with Crippen molar-refractivity contribution in [2.24, 2.45) is 0 Å². The van der Waals surface area contributed by atoms with Crippen LogP contribution in [0.5, 0.6) is 0 Å². The number of carbonyl (C=O) groups is 1. The van der Waals surface area contributed by atoms with Gasteiger partial charge < -0.3 is 9.73 Å². The highest BCUT2D eigenvalue weighted by Gasteiger charge is 2.19. The van der Waals surface area contributed by atoms with Crippen molar-refractivity contribution in [3.05, 3.63) is 83.0 Å². The lowest BCUT2D eigenvalue weighted by molar-refractivity contribution is 0.0948. The van der Waals surface area contributed by atoms with Gasteiger partial charge in [-0.05, 0) is 54.6 Å². The monoisotopic (exact) mass is 408 g/mol. The van der Waals surface area contributed by atoms with Crippen LogP contribution in [0.3, 0.4) is 0 Å². The van der Waals surface area contributed by atoms with E-state index in [9.17, 15) is 17.6 Å². The number of rotatable bonds is 6. The Balaban J connectivity index is 1.80. The van der Waals surface area contributed by atoms with Crippen molar-refractivity contribution in [2.75, 3.05) is 4.72 Å². The van der Waals surface area contributed by atoms with Crippen LogP contribution in [-0.4, -0.2) is 14.3 Å². The smallest absolute Gasteiger partial charge is 0.261 e. The number of carbonyl (C=O) groups excluding carboxylic acids is 1. The van der Waals surface area contributed by atoms with E-state index in [1.807, 2.05) is 0 Å². The van der Waals surface area contributed by atoms with Gasteiger partial charge in [0.15, 0.2) is 0 Å². The van der Waals surface area contributed by atoms with E-state index in [-0.39, 0.29) is 27.7 Å². The minimum atomic E-state index is -3.99. The highest BCUT2D eigenvalue weighted by atomic mass is 35.5. The zero-order valence-electron chi connectivity index (χ0n) is 13.8. The predicted molar refractivity (Wildman–Crippen MR) is 98.5 cm³/mol. The number of hydrogen-bond donors (Lipinski definition) is 2. The van der Waals surface area contributed by atoms with E-state index in [1.165, 1.54) is 36.6 Å². The van der Waals surface area contributed by atoms with Crippen LogP contribution in [0.1, 0.15) is 16.1 Å². The summed E-state index contributed by atoms with van der Waals surface area (Å²) < 4.78 is 45.4. The molecule has 2 aromatic carbocycles. The molecule has 0 aliphatic carbocycles. The second kappa shape index (κ2) is 7.81. The van der Waals surface area contributed by atoms with Gasteiger partial charge in [0.2, 0.25) is 0 Å². The molecule has 6 nitrogen and oxygen atoms in total. The van der Waals surface area contributed by atoms with Crippen LogP contribution in [0, 0.1) is 5.82 Å². The molecule has 9 heteroatoms. The van der Waals surface area contributed by atoms with Gasteiger partial charge in [-0.15, -0.1) is 0 Å². The fraction of sp³-hybridized carbons (Fsp3) is 0.0556. The molecule has 0 radical (unpaired) electrons. The Hall–Kier alpha value is -2.84. The SMILES string of the molecule is O=C(NCc1ccco1)c1cc(S(=O)(=O)Nc2ccc(F)cc2)ccc1Cl. The summed E-state index contributed by atoms with van der Waals surface area (Å²) >= 11 is 6.04. The van der Waals surface area contributed by atoms with Gasteiger partial charge in [0.1, 0.15) is 11.6 Å². The van der Waals surface area contributed by atoms with Crippen LogP contribution < -0.4 is 10.0 Å². The lowest BCUT2D eigenvalue weighted by Crippen LogP contribution is -2.23. The number of hydrogen-bond acceptors (Lipinski definition) is 4. The summed E-state index contributed by atoms with van der Waals surface area (Å²) in [6.45, 7) is 0.132. The van der Waals surface area contributed by atoms with Gasteiger partial charge in [-0.1, -0.05) is 11.6 Å². The molecule has 1 amide bonds. The predicted octanol–water partition coefficient (Wildman–Crippen LogP) is 3.80. The van der Waals surface area contributed by atoms with Crippen LogP contribution in [0.25, 0.3) is 0 Å². The summed E-state index contributed by atoms with van der Waals surface area (Å²) in [5.74, 6) is -0.489. The number of halogens is 2. The van der Waals surface area contributed by atoms with E-state index < -0.39 is 21.7 Å². The molecular weight excluding hydrogens is 395 g/mol. The molecule has 0 spiro atoms. The maximum atomic E-state index is 13.0. The molecule has 2 N–H and O–H groups in total. The van der Waals surface area contributed by atoms with Gasteiger partial charge in [0.25, 0.3) is 15.9 Å². The molecule has 0 unspecified atom stereocenters. The number of amides is 1. The second-order valence-electron chi connectivity index (χ2n) is 5.52. The largest absolute Gasteiger partial charge is 0.467 e. The molecule has 0 fully saturated rings. The van der Waals surface area contributed by atoms with Crippen molar-refractivity contribution < 1.29 is 22.0 Å². The lowest BCUT2D eigenvalue weighted by atomic mass is 10.2. The van der Waals surface area contributed by atoms with E-state index in [1.54, 1.807) is 12.1 Å². The molecule has 0 saturated carbocycles. The summed E-state index contributed by atoms with van der Waals surface area (Å²) in [5.41, 5.74) is 0.195. The van der Waals surface area contributed by atoms with Crippen molar-refractivity contribution in [1.29, 1.82) is 0 Å². The third-order valence-corrected chi connectivity index (χ3v) is 5.30. The summed E-state index contributed by atoms with van der Waals surface area (Å²) in [5, 5.41) is 2.71.